The minimum absolute atomic E-state index is 0.0428. The zero-order valence-electron chi connectivity index (χ0n) is 46.1. The standard InChI is InChI=1S/C61H111NO10/c1-3-5-7-9-11-13-15-17-21-24-27-31-35-39-43-47-54(64)53(52-71-61-60(69)59(68)58(67)55(51-63)72-61)62-56(65)48-44-40-36-32-28-25-22-19-18-20-23-26-30-34-38-42-46-50-70-57(66)49-45-41-37-33-29-16-14-12-10-8-6-4-2/h12,14,18,20,26,30,43,47,53-55,58-61,63-64,67-69H,3-11,13,15-17,19,21-25,27-29,31-42,44-46,48-52H2,1-2H3,(H,62,65)/b14-12-,20-18-,30-26-,47-43+. The van der Waals surface area contributed by atoms with Gasteiger partial charge in [0.2, 0.25) is 5.91 Å². The highest BCUT2D eigenvalue weighted by Crippen LogP contribution is 2.23. The average molecular weight is 1020 g/mol. The fraction of sp³-hybridized carbons (Fsp3) is 0.836. The van der Waals surface area contributed by atoms with E-state index >= 15 is 0 Å². The van der Waals surface area contributed by atoms with Gasteiger partial charge in [0.05, 0.1) is 32.0 Å². The summed E-state index contributed by atoms with van der Waals surface area (Å²) >= 11 is 0. The molecule has 0 radical (unpaired) electrons. The van der Waals surface area contributed by atoms with Crippen LogP contribution < -0.4 is 5.32 Å². The summed E-state index contributed by atoms with van der Waals surface area (Å²) in [5, 5.41) is 54.4. The van der Waals surface area contributed by atoms with E-state index < -0.39 is 49.5 Å². The minimum Gasteiger partial charge on any atom is -0.466 e. The zero-order chi connectivity index (χ0) is 52.4. The van der Waals surface area contributed by atoms with E-state index in [9.17, 15) is 35.1 Å². The molecule has 72 heavy (non-hydrogen) atoms. The van der Waals surface area contributed by atoms with Crippen LogP contribution in [0.2, 0.25) is 0 Å². The summed E-state index contributed by atoms with van der Waals surface area (Å²) in [6, 6.07) is -0.823. The van der Waals surface area contributed by atoms with Crippen LogP contribution in [0.5, 0.6) is 0 Å². The summed E-state index contributed by atoms with van der Waals surface area (Å²) in [7, 11) is 0. The van der Waals surface area contributed by atoms with Gasteiger partial charge in [-0.05, 0) is 96.3 Å². The van der Waals surface area contributed by atoms with Crippen molar-refractivity contribution in [2.45, 2.75) is 307 Å². The van der Waals surface area contributed by atoms with Gasteiger partial charge in [0.1, 0.15) is 24.4 Å². The first kappa shape index (κ1) is 67.6. The third-order valence-corrected chi connectivity index (χ3v) is 13.9. The summed E-state index contributed by atoms with van der Waals surface area (Å²) in [4.78, 5) is 25.1. The van der Waals surface area contributed by atoms with Gasteiger partial charge in [-0.15, -0.1) is 0 Å². The molecule has 1 rings (SSSR count). The van der Waals surface area contributed by atoms with Gasteiger partial charge in [-0.2, -0.15) is 0 Å². The molecule has 1 aliphatic heterocycles. The minimum atomic E-state index is -1.58. The molecule has 11 heteroatoms. The first-order chi connectivity index (χ1) is 35.2. The lowest BCUT2D eigenvalue weighted by Gasteiger charge is -2.40. The Kier molecular flexibility index (Phi) is 47.7. The average Bonchev–Trinajstić information content (AvgIpc) is 3.38. The fourth-order valence-corrected chi connectivity index (χ4v) is 9.11. The number of allylic oxidation sites excluding steroid dienone is 7. The number of amides is 1. The lowest BCUT2D eigenvalue weighted by molar-refractivity contribution is -0.302. The molecule has 1 heterocycles. The molecule has 0 aromatic carbocycles. The Hall–Kier alpha value is -2.38. The summed E-state index contributed by atoms with van der Waals surface area (Å²) in [5.74, 6) is -0.241. The Morgan fingerprint density at radius 1 is 0.514 bits per heavy atom. The van der Waals surface area contributed by atoms with Crippen LogP contribution in [0.4, 0.5) is 0 Å². The molecule has 11 nitrogen and oxygen atoms in total. The third-order valence-electron chi connectivity index (χ3n) is 13.9. The molecular formula is C61H111NO10. The molecule has 420 valence electrons. The molecule has 1 fully saturated rings. The van der Waals surface area contributed by atoms with Crippen molar-refractivity contribution in [2.24, 2.45) is 0 Å². The van der Waals surface area contributed by atoms with Crippen molar-refractivity contribution in [1.29, 1.82) is 0 Å². The van der Waals surface area contributed by atoms with Crippen LogP contribution in [0.25, 0.3) is 0 Å². The SMILES string of the molecule is CCCCC/C=C\CCCCCCCC(=O)OCCCCC/C=C\C/C=C\CCCCCCCCCC(=O)NC(COC1OC(CO)C(O)C(O)C1O)C(O)/C=C/CCCCCCCCCCCCCCC. The third kappa shape index (κ3) is 40.0. The normalized spacial score (nSPS) is 19.3. The molecule has 0 bridgehead atoms. The van der Waals surface area contributed by atoms with Crippen LogP contribution in [-0.2, 0) is 23.8 Å². The largest absolute Gasteiger partial charge is 0.466 e. The van der Waals surface area contributed by atoms with Gasteiger partial charge in [0.25, 0.3) is 0 Å². The van der Waals surface area contributed by atoms with E-state index in [2.05, 4.69) is 55.6 Å². The second-order valence-corrected chi connectivity index (χ2v) is 20.7. The van der Waals surface area contributed by atoms with Gasteiger partial charge in [-0.25, -0.2) is 0 Å². The van der Waals surface area contributed by atoms with Crippen molar-refractivity contribution >= 4 is 11.9 Å². The Labute approximate surface area is 440 Å². The van der Waals surface area contributed by atoms with Gasteiger partial charge in [-0.3, -0.25) is 9.59 Å². The molecule has 0 aromatic rings. The second kappa shape index (κ2) is 50.8. The molecule has 0 spiro atoms. The van der Waals surface area contributed by atoms with Crippen LogP contribution in [0.15, 0.2) is 48.6 Å². The molecule has 7 atom stereocenters. The van der Waals surface area contributed by atoms with E-state index in [1.165, 1.54) is 141 Å². The number of hydrogen-bond acceptors (Lipinski definition) is 10. The first-order valence-corrected chi connectivity index (χ1v) is 29.9. The van der Waals surface area contributed by atoms with E-state index in [0.29, 0.717) is 19.4 Å². The highest BCUT2D eigenvalue weighted by molar-refractivity contribution is 5.76. The second-order valence-electron chi connectivity index (χ2n) is 20.7. The number of esters is 1. The van der Waals surface area contributed by atoms with Crippen molar-refractivity contribution in [3.05, 3.63) is 48.6 Å². The quantitative estimate of drug-likeness (QED) is 0.0195. The monoisotopic (exact) mass is 1020 g/mol. The smallest absolute Gasteiger partial charge is 0.305 e. The highest BCUT2D eigenvalue weighted by atomic mass is 16.7. The maximum absolute atomic E-state index is 13.0. The summed E-state index contributed by atoms with van der Waals surface area (Å²) in [5.41, 5.74) is 0. The Morgan fingerprint density at radius 3 is 1.44 bits per heavy atom. The lowest BCUT2D eigenvalue weighted by atomic mass is 9.99. The highest BCUT2D eigenvalue weighted by Gasteiger charge is 2.44. The summed E-state index contributed by atoms with van der Waals surface area (Å²) < 4.78 is 16.7. The van der Waals surface area contributed by atoms with Crippen LogP contribution in [0.3, 0.4) is 0 Å². The van der Waals surface area contributed by atoms with Crippen molar-refractivity contribution in [3.63, 3.8) is 0 Å². The summed E-state index contributed by atoms with van der Waals surface area (Å²) in [6.07, 6.45) is 53.3. The number of aliphatic hydroxyl groups excluding tert-OH is 5. The molecular weight excluding hydrogens is 907 g/mol. The van der Waals surface area contributed by atoms with Gasteiger partial charge in [0.15, 0.2) is 6.29 Å². The molecule has 1 saturated heterocycles. The topological polar surface area (TPSA) is 175 Å². The van der Waals surface area contributed by atoms with E-state index in [0.717, 1.165) is 96.3 Å². The van der Waals surface area contributed by atoms with Gasteiger partial charge in [-0.1, -0.05) is 204 Å². The lowest BCUT2D eigenvalue weighted by Crippen LogP contribution is -2.60. The number of carbonyl (C=O) groups is 2. The maximum Gasteiger partial charge on any atom is 0.305 e. The number of rotatable bonds is 51. The van der Waals surface area contributed by atoms with Crippen molar-refractivity contribution < 1.29 is 49.3 Å². The summed E-state index contributed by atoms with van der Waals surface area (Å²) in [6.45, 7) is 4.26. The van der Waals surface area contributed by atoms with E-state index in [4.69, 9.17) is 14.2 Å². The molecule has 0 aromatic heterocycles. The Balaban J connectivity index is 2.17. The van der Waals surface area contributed by atoms with Crippen LogP contribution in [0, 0.1) is 0 Å². The number of aliphatic hydroxyl groups is 5. The number of nitrogens with one attached hydrogen (secondary N) is 1. The van der Waals surface area contributed by atoms with E-state index in [-0.39, 0.29) is 18.5 Å². The van der Waals surface area contributed by atoms with Gasteiger partial charge >= 0.3 is 5.97 Å². The first-order valence-electron chi connectivity index (χ1n) is 29.9. The predicted octanol–water partition coefficient (Wildman–Crippen LogP) is 13.7. The molecule has 1 aliphatic rings. The van der Waals surface area contributed by atoms with Crippen molar-refractivity contribution in [2.75, 3.05) is 19.8 Å². The van der Waals surface area contributed by atoms with E-state index in [1.54, 1.807) is 6.08 Å². The number of hydrogen-bond donors (Lipinski definition) is 6. The predicted molar refractivity (Wildman–Crippen MR) is 297 cm³/mol. The Morgan fingerprint density at radius 2 is 0.931 bits per heavy atom. The molecule has 0 saturated carbocycles. The van der Waals surface area contributed by atoms with Crippen molar-refractivity contribution in [1.82, 2.24) is 5.32 Å². The van der Waals surface area contributed by atoms with Crippen LogP contribution >= 0.6 is 0 Å². The maximum atomic E-state index is 13.0. The number of carbonyl (C=O) groups excluding carboxylic acids is 2. The zero-order valence-corrected chi connectivity index (χ0v) is 46.1. The van der Waals surface area contributed by atoms with Crippen molar-refractivity contribution in [3.8, 4) is 0 Å². The Bertz CT molecular complexity index is 1340. The van der Waals surface area contributed by atoms with Crippen LogP contribution in [0.1, 0.15) is 264 Å². The van der Waals surface area contributed by atoms with Gasteiger partial charge < -0.3 is 45.1 Å². The van der Waals surface area contributed by atoms with E-state index in [1.807, 2.05) is 6.08 Å². The van der Waals surface area contributed by atoms with Crippen LogP contribution in [-0.4, -0.2) is 100 Å². The van der Waals surface area contributed by atoms with Gasteiger partial charge in [0, 0.05) is 12.8 Å². The number of ether oxygens (including phenoxy) is 3. The number of unbranched alkanes of at least 4 members (excludes halogenated alkanes) is 31. The molecule has 6 N–H and O–H groups in total. The molecule has 1 amide bonds. The molecule has 0 aliphatic carbocycles. The molecule has 7 unspecified atom stereocenters. The fourth-order valence-electron chi connectivity index (χ4n) is 9.11.